The molecule has 1 fully saturated rings. The first-order valence-corrected chi connectivity index (χ1v) is 7.92. The molecule has 1 aliphatic rings. The number of imidazole rings is 1. The van der Waals surface area contributed by atoms with Gasteiger partial charge in [-0.25, -0.2) is 4.98 Å². The quantitative estimate of drug-likeness (QED) is 0.922. The second-order valence-corrected chi connectivity index (χ2v) is 6.37. The lowest BCUT2D eigenvalue weighted by Crippen LogP contribution is -2.20. The van der Waals surface area contributed by atoms with Crippen molar-refractivity contribution in [1.29, 1.82) is 0 Å². The predicted octanol–water partition coefficient (Wildman–Crippen LogP) is 2.47. The van der Waals surface area contributed by atoms with Gasteiger partial charge in [-0.2, -0.15) is 5.10 Å². The molecule has 1 N–H and O–H groups in total. The standard InChI is InChI=1S/C16H25N5O/c1-11(2)14-13(10-21(4)19-14)18-9-12-5-8-22-15(12)16-17-6-7-20(16)3/h6-7,10-12,15,18H,5,8-9H2,1-4H3/t12-,15+/m0/s1. The molecule has 22 heavy (non-hydrogen) atoms. The first-order chi connectivity index (χ1) is 10.6. The second kappa shape index (κ2) is 6.12. The van der Waals surface area contributed by atoms with Crippen LogP contribution in [0.5, 0.6) is 0 Å². The highest BCUT2D eigenvalue weighted by atomic mass is 16.5. The minimum Gasteiger partial charge on any atom is -0.382 e. The average molecular weight is 303 g/mol. The van der Waals surface area contributed by atoms with Gasteiger partial charge in [-0.3, -0.25) is 4.68 Å². The molecule has 0 unspecified atom stereocenters. The third-order valence-electron chi connectivity index (χ3n) is 4.29. The van der Waals surface area contributed by atoms with E-state index in [2.05, 4.69) is 35.4 Å². The van der Waals surface area contributed by atoms with Crippen molar-refractivity contribution >= 4 is 5.69 Å². The Morgan fingerprint density at radius 2 is 2.23 bits per heavy atom. The van der Waals surface area contributed by atoms with Gasteiger partial charge >= 0.3 is 0 Å². The molecule has 2 aromatic rings. The van der Waals surface area contributed by atoms with Gasteiger partial charge in [-0.1, -0.05) is 13.8 Å². The van der Waals surface area contributed by atoms with Crippen molar-refractivity contribution in [3.05, 3.63) is 30.1 Å². The van der Waals surface area contributed by atoms with E-state index in [1.54, 1.807) is 0 Å². The lowest BCUT2D eigenvalue weighted by atomic mass is 10.0. The topological polar surface area (TPSA) is 56.9 Å². The van der Waals surface area contributed by atoms with E-state index in [4.69, 9.17) is 4.74 Å². The fourth-order valence-corrected chi connectivity index (χ4v) is 3.09. The number of hydrogen-bond acceptors (Lipinski definition) is 4. The summed E-state index contributed by atoms with van der Waals surface area (Å²) in [6.45, 7) is 6.02. The number of ether oxygens (including phenoxy) is 1. The molecule has 1 saturated heterocycles. The Hall–Kier alpha value is -1.82. The third kappa shape index (κ3) is 2.88. The maximum atomic E-state index is 5.92. The Balaban J connectivity index is 1.70. The summed E-state index contributed by atoms with van der Waals surface area (Å²) < 4.78 is 9.84. The monoisotopic (exact) mass is 303 g/mol. The molecular weight excluding hydrogens is 278 g/mol. The fraction of sp³-hybridized carbons (Fsp3) is 0.625. The van der Waals surface area contributed by atoms with Gasteiger partial charge in [0.15, 0.2) is 0 Å². The van der Waals surface area contributed by atoms with E-state index in [0.29, 0.717) is 11.8 Å². The molecule has 2 atom stereocenters. The number of nitrogens with zero attached hydrogens (tertiary/aromatic N) is 4. The van der Waals surface area contributed by atoms with Gasteiger partial charge in [0.05, 0.1) is 11.4 Å². The molecule has 0 radical (unpaired) electrons. The second-order valence-electron chi connectivity index (χ2n) is 6.37. The van der Waals surface area contributed by atoms with Crippen LogP contribution in [0.15, 0.2) is 18.6 Å². The zero-order valence-electron chi connectivity index (χ0n) is 13.8. The van der Waals surface area contributed by atoms with Crippen molar-refractivity contribution in [3.8, 4) is 0 Å². The molecule has 0 aliphatic carbocycles. The van der Waals surface area contributed by atoms with Crippen LogP contribution in [0.2, 0.25) is 0 Å². The molecule has 6 nitrogen and oxygen atoms in total. The molecule has 1 aliphatic heterocycles. The van der Waals surface area contributed by atoms with Crippen LogP contribution in [0.3, 0.4) is 0 Å². The van der Waals surface area contributed by atoms with Crippen LogP contribution in [-0.2, 0) is 18.8 Å². The summed E-state index contributed by atoms with van der Waals surface area (Å²) in [4.78, 5) is 4.45. The number of anilines is 1. The van der Waals surface area contributed by atoms with Crippen LogP contribution in [0.1, 0.15) is 43.8 Å². The van der Waals surface area contributed by atoms with Crippen molar-refractivity contribution in [2.75, 3.05) is 18.5 Å². The predicted molar refractivity (Wildman–Crippen MR) is 85.8 cm³/mol. The van der Waals surface area contributed by atoms with Gasteiger partial charge in [-0.05, 0) is 12.3 Å². The van der Waals surface area contributed by atoms with E-state index in [1.165, 1.54) is 0 Å². The Labute approximate surface area is 131 Å². The van der Waals surface area contributed by atoms with Gasteiger partial charge in [0.2, 0.25) is 0 Å². The van der Waals surface area contributed by atoms with Gasteiger partial charge < -0.3 is 14.6 Å². The lowest BCUT2D eigenvalue weighted by Gasteiger charge is -2.19. The highest BCUT2D eigenvalue weighted by Crippen LogP contribution is 2.34. The van der Waals surface area contributed by atoms with Crippen LogP contribution >= 0.6 is 0 Å². The number of hydrogen-bond donors (Lipinski definition) is 1. The Morgan fingerprint density at radius 1 is 1.41 bits per heavy atom. The SMILES string of the molecule is CC(C)c1nn(C)cc1NC[C@@H]1CCO[C@H]1c1nccn1C. The number of rotatable bonds is 5. The fourth-order valence-electron chi connectivity index (χ4n) is 3.09. The van der Waals surface area contributed by atoms with Crippen molar-refractivity contribution < 1.29 is 4.74 Å². The van der Waals surface area contributed by atoms with Crippen molar-refractivity contribution in [2.24, 2.45) is 20.0 Å². The van der Waals surface area contributed by atoms with Gasteiger partial charge in [0, 0.05) is 51.8 Å². The maximum absolute atomic E-state index is 5.92. The zero-order chi connectivity index (χ0) is 15.7. The molecule has 0 aromatic carbocycles. The Kier molecular flexibility index (Phi) is 4.20. The molecule has 3 rings (SSSR count). The normalized spacial score (nSPS) is 21.7. The highest BCUT2D eigenvalue weighted by Gasteiger charge is 2.32. The van der Waals surface area contributed by atoms with E-state index >= 15 is 0 Å². The van der Waals surface area contributed by atoms with Gasteiger partial charge in [-0.15, -0.1) is 0 Å². The van der Waals surface area contributed by atoms with E-state index in [9.17, 15) is 0 Å². The van der Waals surface area contributed by atoms with E-state index in [-0.39, 0.29) is 6.10 Å². The first-order valence-electron chi connectivity index (χ1n) is 7.92. The Bertz CT molecular complexity index is 630. The summed E-state index contributed by atoms with van der Waals surface area (Å²) in [5.41, 5.74) is 2.25. The molecule has 0 amide bonds. The number of aryl methyl sites for hydroxylation is 2. The molecule has 0 spiro atoms. The summed E-state index contributed by atoms with van der Waals surface area (Å²) in [5.74, 6) is 1.86. The summed E-state index contributed by atoms with van der Waals surface area (Å²) >= 11 is 0. The largest absolute Gasteiger partial charge is 0.382 e. The molecular formula is C16H25N5O. The van der Waals surface area contributed by atoms with Gasteiger partial charge in [0.1, 0.15) is 11.9 Å². The van der Waals surface area contributed by atoms with Crippen LogP contribution in [-0.4, -0.2) is 32.5 Å². The van der Waals surface area contributed by atoms with E-state index in [0.717, 1.165) is 36.8 Å². The molecule has 6 heteroatoms. The maximum Gasteiger partial charge on any atom is 0.138 e. The van der Waals surface area contributed by atoms with Crippen molar-refractivity contribution in [1.82, 2.24) is 19.3 Å². The Morgan fingerprint density at radius 3 is 2.91 bits per heavy atom. The van der Waals surface area contributed by atoms with Gasteiger partial charge in [0.25, 0.3) is 0 Å². The minimum absolute atomic E-state index is 0.0756. The summed E-state index contributed by atoms with van der Waals surface area (Å²) in [6.07, 6.45) is 6.99. The molecule has 120 valence electrons. The minimum atomic E-state index is 0.0756. The first kappa shape index (κ1) is 15.1. The highest BCUT2D eigenvalue weighted by molar-refractivity contribution is 5.47. The molecule has 2 aromatic heterocycles. The lowest BCUT2D eigenvalue weighted by molar-refractivity contribution is 0.0839. The molecule has 0 bridgehead atoms. The van der Waals surface area contributed by atoms with Crippen LogP contribution in [0.25, 0.3) is 0 Å². The smallest absolute Gasteiger partial charge is 0.138 e. The number of aromatic nitrogens is 4. The molecule has 3 heterocycles. The summed E-state index contributed by atoms with van der Waals surface area (Å²) in [7, 11) is 3.99. The summed E-state index contributed by atoms with van der Waals surface area (Å²) in [6, 6.07) is 0. The van der Waals surface area contributed by atoms with E-state index < -0.39 is 0 Å². The number of nitrogens with one attached hydrogen (secondary N) is 1. The zero-order valence-corrected chi connectivity index (χ0v) is 13.8. The van der Waals surface area contributed by atoms with Crippen molar-refractivity contribution in [2.45, 2.75) is 32.3 Å². The van der Waals surface area contributed by atoms with Crippen LogP contribution in [0.4, 0.5) is 5.69 Å². The van der Waals surface area contributed by atoms with E-state index in [1.807, 2.05) is 35.7 Å². The van der Waals surface area contributed by atoms with Crippen LogP contribution < -0.4 is 5.32 Å². The molecule has 0 saturated carbocycles. The summed E-state index contributed by atoms with van der Waals surface area (Å²) in [5, 5.41) is 8.11. The average Bonchev–Trinajstić information content (AvgIpc) is 3.15. The van der Waals surface area contributed by atoms with Crippen molar-refractivity contribution in [3.63, 3.8) is 0 Å². The third-order valence-corrected chi connectivity index (χ3v) is 4.29. The van der Waals surface area contributed by atoms with Crippen LogP contribution in [0, 0.1) is 5.92 Å².